The molecule has 0 unspecified atom stereocenters. The molecule has 1 aliphatic rings. The van der Waals surface area contributed by atoms with E-state index in [0.717, 1.165) is 25.7 Å². The van der Waals surface area contributed by atoms with E-state index in [1.165, 1.54) is 11.1 Å². The average Bonchev–Trinajstić information content (AvgIpc) is 2.78. The van der Waals surface area contributed by atoms with Gasteiger partial charge in [-0.3, -0.25) is 9.59 Å². The molecule has 0 atom stereocenters. The summed E-state index contributed by atoms with van der Waals surface area (Å²) in [4.78, 5) is 28.9. The summed E-state index contributed by atoms with van der Waals surface area (Å²) in [5, 5.41) is 5.35. The first-order valence-corrected chi connectivity index (χ1v) is 10.7. The summed E-state index contributed by atoms with van der Waals surface area (Å²) in [5.41, 5.74) is 6.29. The van der Waals surface area contributed by atoms with Crippen molar-refractivity contribution in [1.82, 2.24) is 9.66 Å². The van der Waals surface area contributed by atoms with Gasteiger partial charge < -0.3 is 10.5 Å². The molecule has 1 saturated carbocycles. The SMILES string of the molecule is NC(=O)COc1ccc(C=Nn2c(C3CCCCC3)nc3ccccc3c2=O)cc1Cl. The van der Waals surface area contributed by atoms with E-state index < -0.39 is 5.91 Å². The van der Waals surface area contributed by atoms with E-state index in [2.05, 4.69) is 5.10 Å². The predicted octanol–water partition coefficient (Wildman–Crippen LogP) is 3.84. The van der Waals surface area contributed by atoms with Crippen LogP contribution in [0.1, 0.15) is 49.4 Å². The van der Waals surface area contributed by atoms with Crippen molar-refractivity contribution < 1.29 is 9.53 Å². The summed E-state index contributed by atoms with van der Waals surface area (Å²) in [6.45, 7) is -0.254. The Hall–Kier alpha value is -3.19. The molecule has 0 bridgehead atoms. The quantitative estimate of drug-likeness (QED) is 0.591. The van der Waals surface area contributed by atoms with E-state index in [1.807, 2.05) is 18.2 Å². The third-order valence-electron chi connectivity index (χ3n) is 5.40. The average molecular weight is 439 g/mol. The number of fused-ring (bicyclic) bond motifs is 1. The first kappa shape index (κ1) is 21.1. The van der Waals surface area contributed by atoms with Crippen LogP contribution in [0.15, 0.2) is 52.4 Å². The lowest BCUT2D eigenvalue weighted by atomic mass is 9.88. The molecule has 2 aromatic carbocycles. The molecule has 8 heteroatoms. The number of carbonyl (C=O) groups excluding carboxylic acids is 1. The smallest absolute Gasteiger partial charge is 0.282 e. The van der Waals surface area contributed by atoms with Gasteiger partial charge in [-0.05, 0) is 48.7 Å². The molecule has 160 valence electrons. The molecule has 0 aliphatic heterocycles. The summed E-state index contributed by atoms with van der Waals surface area (Å²) in [6, 6.07) is 12.4. The van der Waals surface area contributed by atoms with Crippen molar-refractivity contribution in [1.29, 1.82) is 0 Å². The van der Waals surface area contributed by atoms with E-state index in [0.29, 0.717) is 33.1 Å². The van der Waals surface area contributed by atoms with Crippen LogP contribution in [-0.2, 0) is 4.79 Å². The van der Waals surface area contributed by atoms with E-state index in [9.17, 15) is 9.59 Å². The van der Waals surface area contributed by atoms with Gasteiger partial charge in [0.25, 0.3) is 11.5 Å². The summed E-state index contributed by atoms with van der Waals surface area (Å²) in [7, 11) is 0. The number of carbonyl (C=O) groups is 1. The second-order valence-electron chi connectivity index (χ2n) is 7.63. The molecule has 0 spiro atoms. The number of hydrogen-bond acceptors (Lipinski definition) is 5. The Bertz CT molecular complexity index is 1200. The zero-order chi connectivity index (χ0) is 21.8. The number of aromatic nitrogens is 2. The van der Waals surface area contributed by atoms with Crippen LogP contribution in [-0.4, -0.2) is 28.4 Å². The Balaban J connectivity index is 1.70. The van der Waals surface area contributed by atoms with Crippen LogP contribution in [0.3, 0.4) is 0 Å². The molecule has 3 aromatic rings. The fourth-order valence-corrected chi connectivity index (χ4v) is 4.11. The van der Waals surface area contributed by atoms with Crippen LogP contribution >= 0.6 is 11.6 Å². The number of halogens is 1. The van der Waals surface area contributed by atoms with E-state index in [-0.39, 0.29) is 18.1 Å². The third kappa shape index (κ3) is 4.77. The normalized spacial score (nSPS) is 14.9. The van der Waals surface area contributed by atoms with Crippen molar-refractivity contribution >= 4 is 34.6 Å². The molecule has 1 aliphatic carbocycles. The molecular weight excluding hydrogens is 416 g/mol. The number of primary amides is 1. The highest BCUT2D eigenvalue weighted by Crippen LogP contribution is 2.32. The van der Waals surface area contributed by atoms with Crippen LogP contribution in [0.2, 0.25) is 5.02 Å². The van der Waals surface area contributed by atoms with Gasteiger partial charge in [0.15, 0.2) is 6.61 Å². The van der Waals surface area contributed by atoms with Crippen molar-refractivity contribution in [2.75, 3.05) is 6.61 Å². The highest BCUT2D eigenvalue weighted by atomic mass is 35.5. The predicted molar refractivity (Wildman–Crippen MR) is 121 cm³/mol. The molecule has 4 rings (SSSR count). The van der Waals surface area contributed by atoms with Crippen molar-refractivity contribution in [3.8, 4) is 5.75 Å². The van der Waals surface area contributed by atoms with Gasteiger partial charge >= 0.3 is 0 Å². The Morgan fingerprint density at radius 3 is 2.74 bits per heavy atom. The molecule has 0 saturated heterocycles. The van der Waals surface area contributed by atoms with Gasteiger partial charge in [-0.25, -0.2) is 4.98 Å². The number of hydrogen-bond donors (Lipinski definition) is 1. The molecule has 0 radical (unpaired) electrons. The fraction of sp³-hybridized carbons (Fsp3) is 0.304. The fourth-order valence-electron chi connectivity index (χ4n) is 3.87. The number of nitrogens with two attached hydrogens (primary N) is 1. The first-order chi connectivity index (χ1) is 15.0. The standard InChI is InChI=1S/C23H23ClN4O3/c24-18-12-15(10-11-20(18)31-14-21(25)29)13-26-28-22(16-6-2-1-3-7-16)27-19-9-5-4-8-17(19)23(28)30/h4-5,8-13,16H,1-3,6-7,14H2,(H2,25,29). The van der Waals surface area contributed by atoms with Gasteiger partial charge in [-0.1, -0.05) is 43.0 Å². The summed E-state index contributed by atoms with van der Waals surface area (Å²) < 4.78 is 6.69. The largest absolute Gasteiger partial charge is 0.482 e. The topological polar surface area (TPSA) is 99.6 Å². The molecule has 2 N–H and O–H groups in total. The van der Waals surface area contributed by atoms with Crippen LogP contribution < -0.4 is 16.0 Å². The minimum atomic E-state index is -0.583. The monoisotopic (exact) mass is 438 g/mol. The van der Waals surface area contributed by atoms with E-state index in [1.54, 1.807) is 30.5 Å². The maximum absolute atomic E-state index is 13.2. The number of rotatable bonds is 6. The van der Waals surface area contributed by atoms with Crippen molar-refractivity contribution in [3.63, 3.8) is 0 Å². The van der Waals surface area contributed by atoms with Gasteiger partial charge in [-0.2, -0.15) is 9.78 Å². The van der Waals surface area contributed by atoms with Crippen molar-refractivity contribution in [3.05, 3.63) is 69.2 Å². The number of para-hydroxylation sites is 1. The van der Waals surface area contributed by atoms with Crippen LogP contribution in [0.4, 0.5) is 0 Å². The Morgan fingerprint density at radius 1 is 1.23 bits per heavy atom. The molecule has 7 nitrogen and oxygen atoms in total. The van der Waals surface area contributed by atoms with Crippen LogP contribution in [0.5, 0.6) is 5.75 Å². The summed E-state index contributed by atoms with van der Waals surface area (Å²) in [5.74, 6) is 0.675. The zero-order valence-electron chi connectivity index (χ0n) is 17.0. The lowest BCUT2D eigenvalue weighted by Crippen LogP contribution is -2.25. The molecule has 1 aromatic heterocycles. The zero-order valence-corrected chi connectivity index (χ0v) is 17.7. The third-order valence-corrected chi connectivity index (χ3v) is 5.69. The molecule has 1 fully saturated rings. The van der Waals surface area contributed by atoms with E-state index >= 15 is 0 Å². The number of ether oxygens (including phenoxy) is 1. The number of amides is 1. The van der Waals surface area contributed by atoms with Gasteiger partial charge in [0.2, 0.25) is 0 Å². The molecule has 31 heavy (non-hydrogen) atoms. The lowest BCUT2D eigenvalue weighted by Gasteiger charge is -2.22. The minimum Gasteiger partial charge on any atom is -0.482 e. The van der Waals surface area contributed by atoms with Gasteiger partial charge in [0, 0.05) is 5.92 Å². The highest BCUT2D eigenvalue weighted by Gasteiger charge is 2.22. The van der Waals surface area contributed by atoms with Gasteiger partial charge in [0.1, 0.15) is 11.6 Å². The number of benzene rings is 2. The van der Waals surface area contributed by atoms with Crippen molar-refractivity contribution in [2.24, 2.45) is 10.8 Å². The molecular formula is C23H23ClN4O3. The van der Waals surface area contributed by atoms with Crippen LogP contribution in [0, 0.1) is 0 Å². The second-order valence-corrected chi connectivity index (χ2v) is 8.04. The maximum atomic E-state index is 13.2. The Kier molecular flexibility index (Phi) is 6.32. The number of nitrogens with zero attached hydrogens (tertiary/aromatic N) is 3. The van der Waals surface area contributed by atoms with Gasteiger partial charge in [-0.15, -0.1) is 0 Å². The van der Waals surface area contributed by atoms with Crippen molar-refractivity contribution in [2.45, 2.75) is 38.0 Å². The summed E-state index contributed by atoms with van der Waals surface area (Å²) >= 11 is 6.24. The molecule has 1 amide bonds. The molecule has 1 heterocycles. The maximum Gasteiger partial charge on any atom is 0.282 e. The Labute approximate surface area is 184 Å². The highest BCUT2D eigenvalue weighted by molar-refractivity contribution is 6.32. The lowest BCUT2D eigenvalue weighted by molar-refractivity contribution is -0.119. The van der Waals surface area contributed by atoms with Crippen LogP contribution in [0.25, 0.3) is 10.9 Å². The van der Waals surface area contributed by atoms with E-state index in [4.69, 9.17) is 27.1 Å². The minimum absolute atomic E-state index is 0.185. The first-order valence-electron chi connectivity index (χ1n) is 10.3. The second kappa shape index (κ2) is 9.31. The Morgan fingerprint density at radius 2 is 2.00 bits per heavy atom. The van der Waals surface area contributed by atoms with Gasteiger partial charge in [0.05, 0.1) is 22.1 Å². The summed E-state index contributed by atoms with van der Waals surface area (Å²) in [6.07, 6.45) is 7.03.